The number of nitrogens with zero attached hydrogens (tertiary/aromatic N) is 3. The minimum Gasteiger partial charge on any atom is -0.463 e. The first kappa shape index (κ1) is 25.4. The van der Waals surface area contributed by atoms with E-state index in [0.717, 1.165) is 6.42 Å². The Labute approximate surface area is 210 Å². The maximum absolute atomic E-state index is 14.7. The normalized spacial score (nSPS) is 19.1. The molecule has 0 saturated carbocycles. The zero-order valence-electron chi connectivity index (χ0n) is 20.6. The van der Waals surface area contributed by atoms with Crippen molar-refractivity contribution in [1.82, 2.24) is 20.0 Å². The Hall–Kier alpha value is -3.72. The van der Waals surface area contributed by atoms with Crippen molar-refractivity contribution < 1.29 is 23.5 Å². The molecule has 1 fully saturated rings. The molecule has 2 aliphatic heterocycles. The average Bonchev–Trinajstić information content (AvgIpc) is 3.13. The highest BCUT2D eigenvalue weighted by Crippen LogP contribution is 2.32. The van der Waals surface area contributed by atoms with E-state index in [1.165, 1.54) is 11.0 Å². The van der Waals surface area contributed by atoms with Crippen LogP contribution in [0.5, 0.6) is 0 Å². The summed E-state index contributed by atoms with van der Waals surface area (Å²) >= 11 is 0. The Morgan fingerprint density at radius 3 is 2.47 bits per heavy atom. The van der Waals surface area contributed by atoms with Gasteiger partial charge in [-0.1, -0.05) is 36.4 Å². The molecule has 0 aliphatic carbocycles. The van der Waals surface area contributed by atoms with Crippen molar-refractivity contribution in [2.24, 2.45) is 0 Å². The van der Waals surface area contributed by atoms with Gasteiger partial charge in [-0.25, -0.2) is 14.0 Å². The summed E-state index contributed by atoms with van der Waals surface area (Å²) in [6, 6.07) is 13.9. The van der Waals surface area contributed by atoms with Gasteiger partial charge >= 0.3 is 12.0 Å². The molecule has 4 rings (SSSR count). The Bertz CT molecular complexity index is 1150. The molecule has 0 spiro atoms. The van der Waals surface area contributed by atoms with Gasteiger partial charge in [0, 0.05) is 56.6 Å². The molecule has 9 heteroatoms. The number of carbonyl (C=O) groups is 3. The molecule has 3 amide bonds. The van der Waals surface area contributed by atoms with E-state index < -0.39 is 23.9 Å². The second-order valence-electron chi connectivity index (χ2n) is 8.83. The molecule has 0 bridgehead atoms. The van der Waals surface area contributed by atoms with Gasteiger partial charge in [-0.2, -0.15) is 0 Å². The third-order valence-electron chi connectivity index (χ3n) is 6.56. The van der Waals surface area contributed by atoms with Crippen LogP contribution in [-0.4, -0.2) is 79.0 Å². The van der Waals surface area contributed by atoms with Crippen LogP contribution in [0.3, 0.4) is 0 Å². The number of amides is 3. The fraction of sp³-hybridized carbons (Fsp3) is 0.370. The summed E-state index contributed by atoms with van der Waals surface area (Å²) in [5.74, 6) is -1.13. The Morgan fingerprint density at radius 1 is 1.03 bits per heavy atom. The standard InChI is InChI=1S/C27H31FN4O4/c1-3-36-26(34)23-22(30(2)27(35)29-24(23)20-12-7-8-13-21(20)28)18-31-14-9-15-32(17-16-31)25(33)19-10-5-4-6-11-19/h4-8,10-13,24H,3,9,14-18H2,1-2H3,(H,29,35). The largest absolute Gasteiger partial charge is 0.463 e. The number of rotatable bonds is 6. The van der Waals surface area contributed by atoms with Crippen LogP contribution < -0.4 is 5.32 Å². The minimum absolute atomic E-state index is 0.0161. The molecule has 2 aromatic rings. The van der Waals surface area contributed by atoms with Crippen LogP contribution in [0.2, 0.25) is 0 Å². The minimum atomic E-state index is -0.966. The van der Waals surface area contributed by atoms with Gasteiger partial charge in [0.25, 0.3) is 5.91 Å². The zero-order chi connectivity index (χ0) is 25.7. The number of ether oxygens (including phenoxy) is 1. The number of esters is 1. The molecule has 0 aromatic heterocycles. The molecule has 1 atom stereocenters. The van der Waals surface area contributed by atoms with E-state index in [1.807, 2.05) is 23.1 Å². The zero-order valence-corrected chi connectivity index (χ0v) is 20.6. The van der Waals surface area contributed by atoms with E-state index in [1.54, 1.807) is 44.3 Å². The highest BCUT2D eigenvalue weighted by atomic mass is 19.1. The lowest BCUT2D eigenvalue weighted by Crippen LogP contribution is -2.49. The number of hydrogen-bond acceptors (Lipinski definition) is 5. The maximum Gasteiger partial charge on any atom is 0.338 e. The predicted molar refractivity (Wildman–Crippen MR) is 132 cm³/mol. The topological polar surface area (TPSA) is 82.2 Å². The third kappa shape index (κ3) is 5.41. The van der Waals surface area contributed by atoms with Crippen LogP contribution in [0.25, 0.3) is 0 Å². The van der Waals surface area contributed by atoms with Crippen molar-refractivity contribution in [2.45, 2.75) is 19.4 Å². The van der Waals surface area contributed by atoms with E-state index in [0.29, 0.717) is 37.4 Å². The van der Waals surface area contributed by atoms with Crippen molar-refractivity contribution in [3.8, 4) is 0 Å². The van der Waals surface area contributed by atoms with E-state index in [2.05, 4.69) is 10.2 Å². The second kappa shape index (κ2) is 11.3. The average molecular weight is 495 g/mol. The van der Waals surface area contributed by atoms with Crippen LogP contribution in [-0.2, 0) is 9.53 Å². The van der Waals surface area contributed by atoms with Gasteiger partial charge in [0.2, 0.25) is 0 Å². The van der Waals surface area contributed by atoms with Crippen molar-refractivity contribution in [1.29, 1.82) is 0 Å². The first-order chi connectivity index (χ1) is 17.4. The summed E-state index contributed by atoms with van der Waals surface area (Å²) in [5.41, 5.74) is 1.53. The Morgan fingerprint density at radius 2 is 1.75 bits per heavy atom. The van der Waals surface area contributed by atoms with Crippen LogP contribution in [0.1, 0.15) is 35.3 Å². The van der Waals surface area contributed by atoms with Crippen LogP contribution >= 0.6 is 0 Å². The monoisotopic (exact) mass is 494 g/mol. The number of halogens is 1. The van der Waals surface area contributed by atoms with E-state index in [4.69, 9.17) is 4.74 Å². The van der Waals surface area contributed by atoms with E-state index in [-0.39, 0.29) is 30.2 Å². The SMILES string of the molecule is CCOC(=O)C1=C(CN2CCCN(C(=O)c3ccccc3)CC2)N(C)C(=O)NC1c1ccccc1F. The molecule has 190 valence electrons. The lowest BCUT2D eigenvalue weighted by Gasteiger charge is -2.36. The van der Waals surface area contributed by atoms with Crippen LogP contribution in [0, 0.1) is 5.82 Å². The number of urea groups is 1. The van der Waals surface area contributed by atoms with Crippen molar-refractivity contribution in [3.05, 3.63) is 82.8 Å². The lowest BCUT2D eigenvalue weighted by atomic mass is 9.94. The number of hydrogen-bond donors (Lipinski definition) is 1. The Kier molecular flexibility index (Phi) is 8.00. The molecular weight excluding hydrogens is 463 g/mol. The summed E-state index contributed by atoms with van der Waals surface area (Å²) in [6.45, 7) is 4.52. The summed E-state index contributed by atoms with van der Waals surface area (Å²) in [6.07, 6.45) is 0.743. The van der Waals surface area contributed by atoms with Crippen LogP contribution in [0.4, 0.5) is 9.18 Å². The first-order valence-corrected chi connectivity index (χ1v) is 12.2. The van der Waals surface area contributed by atoms with Crippen molar-refractivity contribution in [3.63, 3.8) is 0 Å². The van der Waals surface area contributed by atoms with Gasteiger partial charge in [-0.3, -0.25) is 14.6 Å². The smallest absolute Gasteiger partial charge is 0.338 e. The van der Waals surface area contributed by atoms with Crippen molar-refractivity contribution in [2.75, 3.05) is 46.4 Å². The molecule has 8 nitrogen and oxygen atoms in total. The molecule has 2 aromatic carbocycles. The quantitative estimate of drug-likeness (QED) is 0.624. The summed E-state index contributed by atoms with van der Waals surface area (Å²) in [4.78, 5) is 44.2. The fourth-order valence-electron chi connectivity index (χ4n) is 4.65. The van der Waals surface area contributed by atoms with Gasteiger partial charge in [-0.05, 0) is 31.5 Å². The Balaban J connectivity index is 1.61. The predicted octanol–water partition coefficient (Wildman–Crippen LogP) is 3.19. The summed E-state index contributed by atoms with van der Waals surface area (Å²) in [7, 11) is 1.59. The number of likely N-dealkylation sites (N-methyl/N-ethyl adjacent to an activating group) is 1. The fourth-order valence-corrected chi connectivity index (χ4v) is 4.65. The van der Waals surface area contributed by atoms with E-state index in [9.17, 15) is 18.8 Å². The molecule has 1 N–H and O–H groups in total. The maximum atomic E-state index is 14.7. The number of benzene rings is 2. The van der Waals surface area contributed by atoms with Gasteiger partial charge in [0.15, 0.2) is 0 Å². The molecule has 1 unspecified atom stereocenters. The highest BCUT2D eigenvalue weighted by molar-refractivity contribution is 5.95. The van der Waals surface area contributed by atoms with Gasteiger partial charge in [0.1, 0.15) is 5.82 Å². The third-order valence-corrected chi connectivity index (χ3v) is 6.56. The van der Waals surface area contributed by atoms with Crippen LogP contribution in [0.15, 0.2) is 65.9 Å². The molecule has 36 heavy (non-hydrogen) atoms. The molecular formula is C27H31FN4O4. The molecule has 1 saturated heterocycles. The molecule has 2 aliphatic rings. The summed E-state index contributed by atoms with van der Waals surface area (Å²) < 4.78 is 20.1. The number of carbonyl (C=O) groups excluding carboxylic acids is 3. The highest BCUT2D eigenvalue weighted by Gasteiger charge is 2.38. The second-order valence-corrected chi connectivity index (χ2v) is 8.83. The number of nitrogens with one attached hydrogen (secondary N) is 1. The lowest BCUT2D eigenvalue weighted by molar-refractivity contribution is -0.139. The molecule has 0 radical (unpaired) electrons. The molecule has 2 heterocycles. The van der Waals surface area contributed by atoms with Gasteiger partial charge < -0.3 is 15.0 Å². The first-order valence-electron chi connectivity index (χ1n) is 12.2. The summed E-state index contributed by atoms with van der Waals surface area (Å²) in [5, 5.41) is 2.75. The van der Waals surface area contributed by atoms with E-state index >= 15 is 0 Å². The van der Waals surface area contributed by atoms with Gasteiger partial charge in [-0.15, -0.1) is 0 Å². The van der Waals surface area contributed by atoms with Crippen molar-refractivity contribution >= 4 is 17.9 Å². The van der Waals surface area contributed by atoms with Gasteiger partial charge in [0.05, 0.1) is 18.2 Å².